The standard InChI is InChI=1S/C9H18NO7P.2Na/c1-3-17-9(12)10(7-18(13,14)15)6-4-5-8(11)16-2;;/h3-7H2,1-2H3,(H2,13,14,15);;/q;2*+1/p-2. The first kappa shape index (κ1) is 25.8. The van der Waals surface area contributed by atoms with Gasteiger partial charge in [0.05, 0.1) is 20.0 Å². The van der Waals surface area contributed by atoms with Gasteiger partial charge in [-0.05, 0) is 20.9 Å². The number of carbonyl (C=O) groups is 2. The number of hydrogen-bond acceptors (Lipinski definition) is 7. The minimum Gasteiger partial charge on any atom is -0.810 e. The summed E-state index contributed by atoms with van der Waals surface area (Å²) in [5.74, 6) is -0.480. The molecule has 8 nitrogen and oxygen atoms in total. The van der Waals surface area contributed by atoms with Gasteiger partial charge in [-0.25, -0.2) is 4.79 Å². The molecule has 0 saturated heterocycles. The Balaban J connectivity index is -0.00000144. The van der Waals surface area contributed by atoms with Crippen molar-refractivity contribution in [3.05, 3.63) is 0 Å². The van der Waals surface area contributed by atoms with Crippen LogP contribution in [0.25, 0.3) is 0 Å². The van der Waals surface area contributed by atoms with Gasteiger partial charge in [0.1, 0.15) is 0 Å². The second kappa shape index (κ2) is 13.5. The monoisotopic (exact) mass is 327 g/mol. The zero-order valence-electron chi connectivity index (χ0n) is 12.3. The number of nitrogens with zero attached hydrogens (tertiary/aromatic N) is 1. The van der Waals surface area contributed by atoms with Crippen LogP contribution in [0.3, 0.4) is 0 Å². The summed E-state index contributed by atoms with van der Waals surface area (Å²) < 4.78 is 19.6. The summed E-state index contributed by atoms with van der Waals surface area (Å²) >= 11 is 0. The maximum absolute atomic E-state index is 11.4. The molecule has 106 valence electrons. The molecule has 0 rings (SSSR count). The van der Waals surface area contributed by atoms with Crippen molar-refractivity contribution in [3.8, 4) is 0 Å². The number of hydrogen-bond donors (Lipinski definition) is 0. The first-order valence-corrected chi connectivity index (χ1v) is 7.02. The third kappa shape index (κ3) is 13.9. The van der Waals surface area contributed by atoms with Gasteiger partial charge in [0, 0.05) is 13.0 Å². The molecule has 0 saturated carbocycles. The molecule has 0 aromatic carbocycles. The second-order valence-electron chi connectivity index (χ2n) is 3.39. The summed E-state index contributed by atoms with van der Waals surface area (Å²) in [4.78, 5) is 44.2. The summed E-state index contributed by atoms with van der Waals surface area (Å²) in [7, 11) is -3.64. The molecule has 0 atom stereocenters. The van der Waals surface area contributed by atoms with Crippen LogP contribution in [-0.4, -0.2) is 43.5 Å². The number of amides is 1. The van der Waals surface area contributed by atoms with E-state index >= 15 is 0 Å². The van der Waals surface area contributed by atoms with Crippen LogP contribution in [-0.2, 0) is 18.8 Å². The van der Waals surface area contributed by atoms with Gasteiger partial charge in [-0.15, -0.1) is 0 Å². The SMILES string of the molecule is CCOC(=O)N(CCCC(=O)OC)CP(=O)([O-])[O-].[Na+].[Na+]. The topological polar surface area (TPSA) is 119 Å². The first-order valence-electron chi connectivity index (χ1n) is 5.29. The largest absolute Gasteiger partial charge is 1.00 e. The van der Waals surface area contributed by atoms with Gasteiger partial charge in [0.15, 0.2) is 0 Å². The zero-order valence-corrected chi connectivity index (χ0v) is 17.2. The summed E-state index contributed by atoms with van der Waals surface area (Å²) in [6.07, 6.45) is -1.64. The van der Waals surface area contributed by atoms with Gasteiger partial charge in [-0.2, -0.15) is 0 Å². The van der Waals surface area contributed by atoms with E-state index < -0.39 is 25.9 Å². The van der Waals surface area contributed by atoms with Crippen LogP contribution in [0.15, 0.2) is 0 Å². The minimum absolute atomic E-state index is 0. The normalized spacial score (nSPS) is 9.80. The fourth-order valence-electron chi connectivity index (χ4n) is 1.16. The molecule has 0 radical (unpaired) electrons. The molecular formula is C9H16NNa2O7P. The van der Waals surface area contributed by atoms with Crippen molar-refractivity contribution in [1.29, 1.82) is 0 Å². The van der Waals surface area contributed by atoms with Crippen LogP contribution in [0.5, 0.6) is 0 Å². The molecule has 0 spiro atoms. The Hall–Kier alpha value is 0.890. The van der Waals surface area contributed by atoms with Crippen LogP contribution >= 0.6 is 7.60 Å². The molecule has 0 aliphatic carbocycles. The fourth-order valence-corrected chi connectivity index (χ4v) is 1.83. The predicted molar refractivity (Wildman–Crippen MR) is 57.5 cm³/mol. The van der Waals surface area contributed by atoms with E-state index in [2.05, 4.69) is 9.47 Å². The Kier molecular flexibility index (Phi) is 17.5. The van der Waals surface area contributed by atoms with Gasteiger partial charge in [0.25, 0.3) is 0 Å². The van der Waals surface area contributed by atoms with Crippen LogP contribution in [0, 0.1) is 0 Å². The predicted octanol–water partition coefficient (Wildman–Crippen LogP) is -6.72. The summed E-state index contributed by atoms with van der Waals surface area (Å²) in [5, 5.41) is 0. The molecule has 1 amide bonds. The average Bonchev–Trinajstić information content (AvgIpc) is 2.26. The molecule has 0 heterocycles. The fraction of sp³-hybridized carbons (Fsp3) is 0.778. The molecule has 0 fully saturated rings. The smallest absolute Gasteiger partial charge is 0.810 e. The van der Waals surface area contributed by atoms with E-state index in [1.165, 1.54) is 7.11 Å². The summed E-state index contributed by atoms with van der Waals surface area (Å²) in [6.45, 7) is 1.55. The third-order valence-electron chi connectivity index (χ3n) is 1.91. The van der Waals surface area contributed by atoms with Crippen LogP contribution in [0.2, 0.25) is 0 Å². The van der Waals surface area contributed by atoms with Gasteiger partial charge < -0.3 is 28.7 Å². The Morgan fingerprint density at radius 2 is 1.80 bits per heavy atom. The molecule has 0 aliphatic rings. The quantitative estimate of drug-likeness (QED) is 0.259. The van der Waals surface area contributed by atoms with Crippen molar-refractivity contribution >= 4 is 19.7 Å². The van der Waals surface area contributed by atoms with E-state index in [1.807, 2.05) is 0 Å². The minimum atomic E-state index is -4.86. The second-order valence-corrected chi connectivity index (χ2v) is 4.90. The van der Waals surface area contributed by atoms with Gasteiger partial charge in [-0.1, -0.05) is 0 Å². The van der Waals surface area contributed by atoms with Crippen LogP contribution in [0.1, 0.15) is 19.8 Å². The number of methoxy groups -OCH3 is 1. The Labute approximate surface area is 162 Å². The molecule has 0 bridgehead atoms. The van der Waals surface area contributed by atoms with Crippen molar-refractivity contribution in [2.45, 2.75) is 19.8 Å². The van der Waals surface area contributed by atoms with Crippen molar-refractivity contribution in [3.63, 3.8) is 0 Å². The maximum atomic E-state index is 11.4. The van der Waals surface area contributed by atoms with Crippen LogP contribution in [0.4, 0.5) is 4.79 Å². The zero-order chi connectivity index (χ0) is 14.2. The number of carbonyl (C=O) groups excluding carboxylic acids is 2. The van der Waals surface area contributed by atoms with E-state index in [0.29, 0.717) is 0 Å². The summed E-state index contributed by atoms with van der Waals surface area (Å²) in [5.41, 5.74) is 0. The molecule has 0 aromatic rings. The van der Waals surface area contributed by atoms with Crippen LogP contribution < -0.4 is 68.9 Å². The van der Waals surface area contributed by atoms with Crippen molar-refractivity contribution in [1.82, 2.24) is 4.90 Å². The van der Waals surface area contributed by atoms with E-state index in [4.69, 9.17) is 0 Å². The summed E-state index contributed by atoms with van der Waals surface area (Å²) in [6, 6.07) is 0. The van der Waals surface area contributed by atoms with E-state index in [0.717, 1.165) is 4.90 Å². The van der Waals surface area contributed by atoms with E-state index in [-0.39, 0.29) is 85.1 Å². The van der Waals surface area contributed by atoms with Gasteiger partial charge >= 0.3 is 71.2 Å². The van der Waals surface area contributed by atoms with Crippen molar-refractivity contribution in [2.24, 2.45) is 0 Å². The van der Waals surface area contributed by atoms with Gasteiger partial charge in [0.2, 0.25) is 0 Å². The van der Waals surface area contributed by atoms with E-state index in [9.17, 15) is 23.9 Å². The Morgan fingerprint density at radius 1 is 1.25 bits per heavy atom. The molecule has 0 aromatic heterocycles. The number of rotatable bonds is 7. The van der Waals surface area contributed by atoms with Crippen molar-refractivity contribution < 1.29 is 92.5 Å². The van der Waals surface area contributed by atoms with Gasteiger partial charge in [-0.3, -0.25) is 4.79 Å². The Bertz CT molecular complexity index is 336. The maximum Gasteiger partial charge on any atom is 1.00 e. The molecule has 0 aliphatic heterocycles. The van der Waals surface area contributed by atoms with E-state index in [1.54, 1.807) is 6.92 Å². The first-order chi connectivity index (χ1) is 8.30. The number of esters is 1. The molecular weight excluding hydrogens is 311 g/mol. The number of ether oxygens (including phenoxy) is 2. The molecule has 20 heavy (non-hydrogen) atoms. The van der Waals surface area contributed by atoms with Crippen molar-refractivity contribution in [2.75, 3.05) is 26.5 Å². The molecule has 0 unspecified atom stereocenters. The molecule has 0 N–H and O–H groups in total. The molecule has 11 heteroatoms. The third-order valence-corrected chi connectivity index (χ3v) is 2.59. The average molecular weight is 327 g/mol. The Morgan fingerprint density at radius 3 is 2.20 bits per heavy atom.